The first kappa shape index (κ1) is 35.2. The van der Waals surface area contributed by atoms with E-state index in [1.54, 1.807) is 0 Å². The van der Waals surface area contributed by atoms with Crippen LogP contribution < -0.4 is 4.74 Å². The molecule has 0 bridgehead atoms. The summed E-state index contributed by atoms with van der Waals surface area (Å²) in [6.45, 7) is 7.95. The Morgan fingerprint density at radius 2 is 1.28 bits per heavy atom. The summed E-state index contributed by atoms with van der Waals surface area (Å²) in [4.78, 5) is 36.4. The predicted molar refractivity (Wildman–Crippen MR) is 161 cm³/mol. The zero-order valence-electron chi connectivity index (χ0n) is 24.1. The van der Waals surface area contributed by atoms with Crippen molar-refractivity contribution in [3.8, 4) is 5.75 Å². The number of ether oxygens (including phenoxy) is 2. The smallest absolute Gasteiger partial charge is 0.306 e. The molecule has 0 aliphatic carbocycles. The molecule has 0 aliphatic heterocycles. The monoisotopic (exact) mass is 582 g/mol. The van der Waals surface area contributed by atoms with Crippen molar-refractivity contribution in [1.29, 1.82) is 0 Å². The number of benzene rings is 1. The number of ketones is 2. The molecular formula is C32H48Cl2O5. The number of allylic oxidation sites excluding steroid dienone is 1. The minimum Gasteiger partial charge on any atom is -0.484 e. The van der Waals surface area contributed by atoms with Crippen molar-refractivity contribution in [2.24, 2.45) is 0 Å². The fourth-order valence-electron chi connectivity index (χ4n) is 4.20. The molecule has 0 spiro atoms. The Hall–Kier alpha value is -1.85. The molecule has 1 aromatic carbocycles. The Morgan fingerprint density at radius 1 is 0.744 bits per heavy atom. The maximum absolute atomic E-state index is 12.3. The van der Waals surface area contributed by atoms with E-state index in [-0.39, 0.29) is 58.3 Å². The Labute approximate surface area is 246 Å². The normalized spacial score (nSPS) is 10.9. The van der Waals surface area contributed by atoms with Crippen LogP contribution in [0, 0.1) is 0 Å². The lowest BCUT2D eigenvalue weighted by Crippen LogP contribution is -2.15. The van der Waals surface area contributed by atoms with Crippen LogP contribution >= 0.6 is 23.2 Å². The van der Waals surface area contributed by atoms with Gasteiger partial charge in [0.1, 0.15) is 17.4 Å². The molecule has 0 amide bonds. The molecule has 0 saturated heterocycles. The number of Topliss-reactive ketones (excluding diaryl/α,β-unsaturated/α-hetero) is 2. The minimum atomic E-state index is -0.377. The van der Waals surface area contributed by atoms with Gasteiger partial charge >= 0.3 is 5.97 Å². The number of esters is 1. The molecule has 0 N–H and O–H groups in total. The molecule has 5 nitrogen and oxygen atoms in total. The van der Waals surface area contributed by atoms with Crippen LogP contribution in [0.1, 0.15) is 133 Å². The molecule has 0 fully saturated rings. The lowest BCUT2D eigenvalue weighted by Gasteiger charge is -2.11. The Bertz CT molecular complexity index is 897. The van der Waals surface area contributed by atoms with Gasteiger partial charge in [-0.15, -0.1) is 0 Å². The predicted octanol–water partition coefficient (Wildman–Crippen LogP) is 9.89. The fourth-order valence-corrected chi connectivity index (χ4v) is 4.66. The highest BCUT2D eigenvalue weighted by atomic mass is 35.5. The SMILES string of the molecule is C=C(CC)C(=O)c1ccc(OCC(=O)CCC(=O)OCCCCCCCCCCCCCCCC)c(Cl)c1Cl. The van der Waals surface area contributed by atoms with E-state index in [1.165, 1.54) is 89.2 Å². The lowest BCUT2D eigenvalue weighted by molar-refractivity contribution is -0.145. The number of unbranched alkanes of at least 4 members (excludes halogenated alkanes) is 13. The molecular weight excluding hydrogens is 535 g/mol. The summed E-state index contributed by atoms with van der Waals surface area (Å²) in [5.41, 5.74) is 0.668. The van der Waals surface area contributed by atoms with Crippen LogP contribution in [0.25, 0.3) is 0 Å². The van der Waals surface area contributed by atoms with Gasteiger partial charge in [-0.1, -0.05) is 127 Å². The van der Waals surface area contributed by atoms with Crippen molar-refractivity contribution in [3.05, 3.63) is 39.9 Å². The summed E-state index contributed by atoms with van der Waals surface area (Å²) in [7, 11) is 0. The van der Waals surface area contributed by atoms with Gasteiger partial charge in [0.25, 0.3) is 0 Å². The third kappa shape index (κ3) is 15.5. The highest BCUT2D eigenvalue weighted by Crippen LogP contribution is 2.35. The Kier molecular flexibility index (Phi) is 19.8. The quantitative estimate of drug-likeness (QED) is 0.0524. The molecule has 0 aliphatic rings. The van der Waals surface area contributed by atoms with E-state index in [2.05, 4.69) is 13.5 Å². The van der Waals surface area contributed by atoms with Gasteiger partial charge in [-0.3, -0.25) is 14.4 Å². The van der Waals surface area contributed by atoms with Crippen molar-refractivity contribution in [2.45, 2.75) is 123 Å². The van der Waals surface area contributed by atoms with E-state index in [0.717, 1.165) is 12.8 Å². The van der Waals surface area contributed by atoms with Crippen LogP contribution in [0.5, 0.6) is 5.75 Å². The number of carbonyl (C=O) groups excluding carboxylic acids is 3. The van der Waals surface area contributed by atoms with Gasteiger partial charge in [-0.05, 0) is 30.5 Å². The summed E-state index contributed by atoms with van der Waals surface area (Å²) in [5.74, 6) is -0.707. The molecule has 0 radical (unpaired) electrons. The van der Waals surface area contributed by atoms with Crippen LogP contribution in [0.3, 0.4) is 0 Å². The first-order chi connectivity index (χ1) is 18.8. The maximum atomic E-state index is 12.3. The van der Waals surface area contributed by atoms with Crippen molar-refractivity contribution in [1.82, 2.24) is 0 Å². The van der Waals surface area contributed by atoms with E-state index in [9.17, 15) is 14.4 Å². The molecule has 7 heteroatoms. The average molecular weight is 584 g/mol. The van der Waals surface area contributed by atoms with E-state index >= 15 is 0 Å². The van der Waals surface area contributed by atoms with Gasteiger partial charge in [-0.2, -0.15) is 0 Å². The summed E-state index contributed by atoms with van der Waals surface area (Å²) in [5, 5.41) is 0.125. The zero-order valence-corrected chi connectivity index (χ0v) is 25.6. The molecule has 39 heavy (non-hydrogen) atoms. The highest BCUT2D eigenvalue weighted by Gasteiger charge is 2.19. The summed E-state index contributed by atoms with van der Waals surface area (Å²) < 4.78 is 10.7. The fraction of sp³-hybridized carbons (Fsp3) is 0.656. The molecule has 1 aromatic rings. The van der Waals surface area contributed by atoms with Gasteiger partial charge in [-0.25, -0.2) is 0 Å². The standard InChI is InChI=1S/C32H48Cl2O5/c1-4-6-7-8-9-10-11-12-13-14-15-16-17-18-23-38-29(36)22-19-26(35)24-39-28-21-20-27(30(33)31(28)34)32(37)25(3)5-2/h20-21H,3-19,22-24H2,1-2H3. The van der Waals surface area contributed by atoms with Gasteiger partial charge in [0.15, 0.2) is 11.6 Å². The van der Waals surface area contributed by atoms with Crippen molar-refractivity contribution in [2.75, 3.05) is 13.2 Å². The summed E-state index contributed by atoms with van der Waals surface area (Å²) >= 11 is 12.5. The average Bonchev–Trinajstić information content (AvgIpc) is 2.93. The van der Waals surface area contributed by atoms with E-state index < -0.39 is 0 Å². The van der Waals surface area contributed by atoms with Gasteiger partial charge in [0.2, 0.25) is 0 Å². The largest absolute Gasteiger partial charge is 0.484 e. The van der Waals surface area contributed by atoms with Crippen molar-refractivity contribution in [3.63, 3.8) is 0 Å². The summed E-state index contributed by atoms with van der Waals surface area (Å²) in [6.07, 6.45) is 18.4. The van der Waals surface area contributed by atoms with E-state index in [0.29, 0.717) is 18.6 Å². The van der Waals surface area contributed by atoms with Gasteiger partial charge < -0.3 is 9.47 Å². The van der Waals surface area contributed by atoms with E-state index in [4.69, 9.17) is 32.7 Å². The summed E-state index contributed by atoms with van der Waals surface area (Å²) in [6, 6.07) is 3.01. The highest BCUT2D eigenvalue weighted by molar-refractivity contribution is 6.45. The second-order valence-corrected chi connectivity index (χ2v) is 10.9. The third-order valence-electron chi connectivity index (χ3n) is 6.80. The molecule has 0 aromatic heterocycles. The van der Waals surface area contributed by atoms with Crippen molar-refractivity contribution >= 4 is 40.7 Å². The van der Waals surface area contributed by atoms with Crippen molar-refractivity contribution < 1.29 is 23.9 Å². The third-order valence-corrected chi connectivity index (χ3v) is 7.66. The molecule has 1 rings (SSSR count). The van der Waals surface area contributed by atoms with Crippen LogP contribution in [-0.4, -0.2) is 30.7 Å². The van der Waals surface area contributed by atoms with Gasteiger partial charge in [0, 0.05) is 12.0 Å². The Balaban J connectivity index is 2.09. The molecule has 220 valence electrons. The second kappa shape index (κ2) is 21.9. The topological polar surface area (TPSA) is 69.7 Å². The van der Waals surface area contributed by atoms with Crippen LogP contribution in [0.4, 0.5) is 0 Å². The molecule has 0 heterocycles. The molecule has 0 atom stereocenters. The number of halogens is 2. The number of carbonyl (C=O) groups is 3. The van der Waals surface area contributed by atoms with Crippen LogP contribution in [-0.2, 0) is 14.3 Å². The number of hydrogen-bond acceptors (Lipinski definition) is 5. The van der Waals surface area contributed by atoms with E-state index in [1.807, 2.05) is 6.92 Å². The Morgan fingerprint density at radius 3 is 1.82 bits per heavy atom. The van der Waals surface area contributed by atoms with Crippen LogP contribution in [0.2, 0.25) is 10.0 Å². The van der Waals surface area contributed by atoms with Crippen LogP contribution in [0.15, 0.2) is 24.3 Å². The zero-order chi connectivity index (χ0) is 28.9. The maximum Gasteiger partial charge on any atom is 0.306 e. The lowest BCUT2D eigenvalue weighted by atomic mass is 10.0. The molecule has 0 unspecified atom stereocenters. The first-order valence-electron chi connectivity index (χ1n) is 14.8. The second-order valence-electron chi connectivity index (χ2n) is 10.2. The van der Waals surface area contributed by atoms with Gasteiger partial charge in [0.05, 0.1) is 18.1 Å². The number of rotatable bonds is 24. The number of hydrogen-bond donors (Lipinski definition) is 0. The minimum absolute atomic E-state index is 0.0157. The molecule has 0 saturated carbocycles. The first-order valence-corrected chi connectivity index (χ1v) is 15.6.